The zero-order valence-corrected chi connectivity index (χ0v) is 15.0. The van der Waals surface area contributed by atoms with Crippen LogP contribution in [0.5, 0.6) is 0 Å². The predicted molar refractivity (Wildman–Crippen MR) is 93.1 cm³/mol. The van der Waals surface area contributed by atoms with Crippen molar-refractivity contribution in [3.8, 4) is 0 Å². The normalized spacial score (nSPS) is 15.4. The monoisotopic (exact) mass is 319 g/mol. The van der Waals surface area contributed by atoms with Gasteiger partial charge in [0.15, 0.2) is 0 Å². The summed E-state index contributed by atoms with van der Waals surface area (Å²) < 4.78 is 0. The number of anilines is 1. The second-order valence-electron chi connectivity index (χ2n) is 6.63. The van der Waals surface area contributed by atoms with Crippen LogP contribution in [0.1, 0.15) is 58.0 Å². The van der Waals surface area contributed by atoms with E-state index in [0.29, 0.717) is 18.4 Å². The first-order valence-corrected chi connectivity index (χ1v) is 8.59. The minimum atomic E-state index is 0.0283. The summed E-state index contributed by atoms with van der Waals surface area (Å²) in [4.78, 5) is 25.5. The summed E-state index contributed by atoms with van der Waals surface area (Å²) >= 11 is 0. The van der Waals surface area contributed by atoms with Gasteiger partial charge in [-0.1, -0.05) is 27.7 Å². The Hall–Kier alpha value is -1.85. The molecule has 1 aromatic heterocycles. The van der Waals surface area contributed by atoms with Crippen molar-refractivity contribution in [2.75, 3.05) is 37.6 Å². The average molecular weight is 319 g/mol. The van der Waals surface area contributed by atoms with Gasteiger partial charge in [-0.25, -0.2) is 14.8 Å². The second-order valence-corrected chi connectivity index (χ2v) is 6.63. The molecule has 2 amide bonds. The number of nitrogens with zero attached hydrogens (tertiary/aromatic N) is 4. The summed E-state index contributed by atoms with van der Waals surface area (Å²) in [5.41, 5.74) is 1.09. The van der Waals surface area contributed by atoms with Crippen molar-refractivity contribution in [3.05, 3.63) is 17.6 Å². The number of rotatable bonds is 4. The van der Waals surface area contributed by atoms with Crippen LogP contribution >= 0.6 is 0 Å². The Balaban J connectivity index is 2.12. The number of hydrogen-bond acceptors (Lipinski definition) is 4. The van der Waals surface area contributed by atoms with E-state index in [-0.39, 0.29) is 6.03 Å². The third kappa shape index (κ3) is 4.33. The lowest BCUT2D eigenvalue weighted by molar-refractivity contribution is 0.195. The van der Waals surface area contributed by atoms with Gasteiger partial charge >= 0.3 is 6.03 Å². The molecule has 0 bridgehead atoms. The van der Waals surface area contributed by atoms with Crippen LogP contribution in [0.4, 0.5) is 10.6 Å². The second kappa shape index (κ2) is 7.62. The largest absolute Gasteiger partial charge is 0.353 e. The number of carbonyl (C=O) groups is 1. The van der Waals surface area contributed by atoms with Crippen LogP contribution in [-0.2, 0) is 0 Å². The molecule has 1 fully saturated rings. The summed E-state index contributed by atoms with van der Waals surface area (Å²) in [6.07, 6.45) is 0. The van der Waals surface area contributed by atoms with Gasteiger partial charge in [0.05, 0.1) is 0 Å². The first-order valence-electron chi connectivity index (χ1n) is 8.59. The predicted octanol–water partition coefficient (Wildman–Crippen LogP) is 2.57. The Kier molecular flexibility index (Phi) is 5.80. The highest BCUT2D eigenvalue weighted by Crippen LogP contribution is 2.22. The van der Waals surface area contributed by atoms with Crippen LogP contribution in [0.25, 0.3) is 0 Å². The lowest BCUT2D eigenvalue weighted by Crippen LogP contribution is -2.52. The number of urea groups is 1. The third-order valence-electron chi connectivity index (χ3n) is 4.08. The van der Waals surface area contributed by atoms with Crippen molar-refractivity contribution in [2.24, 2.45) is 0 Å². The van der Waals surface area contributed by atoms with E-state index in [4.69, 9.17) is 4.98 Å². The zero-order valence-electron chi connectivity index (χ0n) is 15.0. The third-order valence-corrected chi connectivity index (χ3v) is 4.08. The van der Waals surface area contributed by atoms with Crippen molar-refractivity contribution in [1.82, 2.24) is 20.2 Å². The fourth-order valence-electron chi connectivity index (χ4n) is 2.59. The van der Waals surface area contributed by atoms with E-state index in [1.54, 1.807) is 0 Å². The highest BCUT2D eigenvalue weighted by molar-refractivity contribution is 5.74. The van der Waals surface area contributed by atoms with Gasteiger partial charge in [-0.2, -0.15) is 0 Å². The van der Waals surface area contributed by atoms with Gasteiger partial charge in [0.2, 0.25) is 0 Å². The van der Waals surface area contributed by atoms with Crippen LogP contribution in [0.15, 0.2) is 6.07 Å². The quantitative estimate of drug-likeness (QED) is 0.926. The maximum Gasteiger partial charge on any atom is 0.317 e. The van der Waals surface area contributed by atoms with Gasteiger partial charge in [0, 0.05) is 50.4 Å². The number of carbonyl (C=O) groups excluding carboxylic acids is 1. The standard InChI is InChI=1S/C17H29N5O/c1-6-18-17(23)22-9-7-21(8-10-22)15-11-14(12(2)3)19-16(20-15)13(4)5/h11-13H,6-10H2,1-5H3,(H,18,23). The summed E-state index contributed by atoms with van der Waals surface area (Å²) in [6, 6.07) is 2.12. The topological polar surface area (TPSA) is 61.4 Å². The lowest BCUT2D eigenvalue weighted by atomic mass is 10.1. The number of piperazine rings is 1. The molecule has 2 rings (SSSR count). The zero-order chi connectivity index (χ0) is 17.0. The summed E-state index contributed by atoms with van der Waals surface area (Å²) in [7, 11) is 0. The van der Waals surface area contributed by atoms with Crippen LogP contribution in [0, 0.1) is 0 Å². The van der Waals surface area contributed by atoms with Crippen molar-refractivity contribution in [2.45, 2.75) is 46.5 Å². The average Bonchev–Trinajstić information content (AvgIpc) is 2.54. The van der Waals surface area contributed by atoms with E-state index in [9.17, 15) is 4.79 Å². The first-order chi connectivity index (χ1) is 10.9. The molecule has 0 aromatic carbocycles. The summed E-state index contributed by atoms with van der Waals surface area (Å²) in [5, 5.41) is 2.86. The molecule has 2 heterocycles. The molecular formula is C17H29N5O. The lowest BCUT2D eigenvalue weighted by Gasteiger charge is -2.35. The van der Waals surface area contributed by atoms with Crippen molar-refractivity contribution in [1.29, 1.82) is 0 Å². The minimum Gasteiger partial charge on any atom is -0.353 e. The molecule has 23 heavy (non-hydrogen) atoms. The van der Waals surface area contributed by atoms with E-state index in [1.807, 2.05) is 11.8 Å². The van der Waals surface area contributed by atoms with E-state index in [0.717, 1.165) is 43.5 Å². The molecule has 0 unspecified atom stereocenters. The number of aromatic nitrogens is 2. The molecule has 128 valence electrons. The van der Waals surface area contributed by atoms with E-state index >= 15 is 0 Å². The van der Waals surface area contributed by atoms with Gasteiger partial charge in [0.1, 0.15) is 11.6 Å². The van der Waals surface area contributed by atoms with Crippen molar-refractivity contribution < 1.29 is 4.79 Å². The Bertz CT molecular complexity index is 510. The molecular weight excluding hydrogens is 290 g/mol. The van der Waals surface area contributed by atoms with Crippen LogP contribution < -0.4 is 10.2 Å². The molecule has 1 aliphatic heterocycles. The van der Waals surface area contributed by atoms with Gasteiger partial charge in [-0.05, 0) is 12.8 Å². The highest BCUT2D eigenvalue weighted by Gasteiger charge is 2.22. The van der Waals surface area contributed by atoms with E-state index < -0.39 is 0 Å². The molecule has 6 nitrogen and oxygen atoms in total. The molecule has 0 aliphatic carbocycles. The smallest absolute Gasteiger partial charge is 0.317 e. The SMILES string of the molecule is CCNC(=O)N1CCN(c2cc(C(C)C)nc(C(C)C)n2)CC1. The highest BCUT2D eigenvalue weighted by atomic mass is 16.2. The molecule has 6 heteroatoms. The fraction of sp³-hybridized carbons (Fsp3) is 0.706. The number of amides is 2. The Morgan fingerprint density at radius 2 is 1.78 bits per heavy atom. The molecule has 0 atom stereocenters. The maximum absolute atomic E-state index is 11.9. The number of hydrogen-bond donors (Lipinski definition) is 1. The number of nitrogens with one attached hydrogen (secondary N) is 1. The molecule has 1 saturated heterocycles. The Labute approximate surface area is 139 Å². The summed E-state index contributed by atoms with van der Waals surface area (Å²) in [6.45, 7) is 14.2. The Morgan fingerprint density at radius 3 is 2.30 bits per heavy atom. The first kappa shape index (κ1) is 17.5. The van der Waals surface area contributed by atoms with Crippen LogP contribution in [-0.4, -0.2) is 53.6 Å². The van der Waals surface area contributed by atoms with Gasteiger partial charge in [0.25, 0.3) is 0 Å². The van der Waals surface area contributed by atoms with Crippen LogP contribution in [0.3, 0.4) is 0 Å². The van der Waals surface area contributed by atoms with Crippen LogP contribution in [0.2, 0.25) is 0 Å². The van der Waals surface area contributed by atoms with Gasteiger partial charge in [-0.3, -0.25) is 0 Å². The van der Waals surface area contributed by atoms with Gasteiger partial charge < -0.3 is 15.1 Å². The molecule has 0 spiro atoms. The molecule has 1 N–H and O–H groups in total. The molecule has 0 saturated carbocycles. The maximum atomic E-state index is 11.9. The fourth-order valence-corrected chi connectivity index (χ4v) is 2.59. The Morgan fingerprint density at radius 1 is 1.13 bits per heavy atom. The van der Waals surface area contributed by atoms with Crippen molar-refractivity contribution in [3.63, 3.8) is 0 Å². The molecule has 1 aromatic rings. The molecule has 1 aliphatic rings. The van der Waals surface area contributed by atoms with Gasteiger partial charge in [-0.15, -0.1) is 0 Å². The van der Waals surface area contributed by atoms with Crippen molar-refractivity contribution >= 4 is 11.8 Å². The molecule has 0 radical (unpaired) electrons. The van der Waals surface area contributed by atoms with E-state index in [1.165, 1.54) is 0 Å². The minimum absolute atomic E-state index is 0.0283. The summed E-state index contributed by atoms with van der Waals surface area (Å²) in [5.74, 6) is 2.58. The van der Waals surface area contributed by atoms with E-state index in [2.05, 4.69) is 49.0 Å².